The van der Waals surface area contributed by atoms with Crippen LogP contribution in [0.5, 0.6) is 0 Å². The smallest absolute Gasteiger partial charge is 0.164 e. The van der Waals surface area contributed by atoms with E-state index in [1.807, 2.05) is 79.9 Å². The zero-order valence-corrected chi connectivity index (χ0v) is 26.0. The normalized spacial score (nSPS) is 14.4. The molecule has 1 aliphatic carbocycles. The fraction of sp³-hybridized carbons (Fsp3) is 0.0714. The number of nitrogens with zero attached hydrogens (tertiary/aromatic N) is 5. The van der Waals surface area contributed by atoms with Gasteiger partial charge in [0.05, 0.1) is 0 Å². The fourth-order valence-corrected chi connectivity index (χ4v) is 6.29. The highest BCUT2D eigenvalue weighted by molar-refractivity contribution is 5.91. The van der Waals surface area contributed by atoms with E-state index in [9.17, 15) is 0 Å². The Balaban J connectivity index is 1.31. The van der Waals surface area contributed by atoms with Gasteiger partial charge in [-0.15, -0.1) is 0 Å². The Morgan fingerprint density at radius 3 is 1.89 bits per heavy atom. The van der Waals surface area contributed by atoms with Crippen molar-refractivity contribution in [1.29, 1.82) is 0 Å². The summed E-state index contributed by atoms with van der Waals surface area (Å²) >= 11 is 0. The SMILES string of the molecule is Cc1ccnc(-c2cccc(C3=CC(c4cccc5ccccc45)CC(c4nc(-c5ccccc5)nc(-c5ccccc5)n4)=C3)c2)n1. The standard InChI is InChI=1S/C42H31N5/c1-28-22-23-43-39(44-28)33-19-10-18-32(24-33)34-25-35(38-21-11-17-29-12-8-9-20-37(29)38)27-36(26-34)42-46-40(30-13-4-2-5-14-30)45-41(47-42)31-15-6-3-7-16-31/h2-26,35H,27H2,1H3. The summed E-state index contributed by atoms with van der Waals surface area (Å²) < 4.78 is 0. The first-order valence-corrected chi connectivity index (χ1v) is 15.9. The van der Waals surface area contributed by atoms with Gasteiger partial charge in [0.25, 0.3) is 0 Å². The van der Waals surface area contributed by atoms with E-state index < -0.39 is 0 Å². The minimum Gasteiger partial charge on any atom is -0.237 e. The van der Waals surface area contributed by atoms with Crippen LogP contribution in [0.2, 0.25) is 0 Å². The van der Waals surface area contributed by atoms with E-state index in [1.165, 1.54) is 16.3 Å². The molecule has 5 nitrogen and oxygen atoms in total. The van der Waals surface area contributed by atoms with Crippen molar-refractivity contribution in [1.82, 2.24) is 24.9 Å². The summed E-state index contributed by atoms with van der Waals surface area (Å²) in [5.74, 6) is 2.83. The predicted octanol–water partition coefficient (Wildman–Crippen LogP) is 9.78. The lowest BCUT2D eigenvalue weighted by Crippen LogP contribution is -2.09. The summed E-state index contributed by atoms with van der Waals surface area (Å²) in [5.41, 5.74) is 8.38. The number of aromatic nitrogens is 5. The second-order valence-electron chi connectivity index (χ2n) is 11.8. The number of aryl methyl sites for hydroxylation is 1. The van der Waals surface area contributed by atoms with Gasteiger partial charge in [0.2, 0.25) is 0 Å². The summed E-state index contributed by atoms with van der Waals surface area (Å²) in [7, 11) is 0. The first-order chi connectivity index (χ1) is 23.2. The van der Waals surface area contributed by atoms with Gasteiger partial charge < -0.3 is 0 Å². The molecule has 7 aromatic rings. The molecule has 0 bridgehead atoms. The Morgan fingerprint density at radius 1 is 0.532 bits per heavy atom. The van der Waals surface area contributed by atoms with Gasteiger partial charge in [-0.05, 0) is 64.6 Å². The Labute approximate surface area is 274 Å². The van der Waals surface area contributed by atoms with Crippen molar-refractivity contribution >= 4 is 21.9 Å². The van der Waals surface area contributed by atoms with Crippen LogP contribution >= 0.6 is 0 Å². The molecule has 1 unspecified atom stereocenters. The van der Waals surface area contributed by atoms with Gasteiger partial charge in [-0.3, -0.25) is 0 Å². The molecule has 0 radical (unpaired) electrons. The van der Waals surface area contributed by atoms with Crippen molar-refractivity contribution in [3.05, 3.63) is 174 Å². The average Bonchev–Trinajstić information content (AvgIpc) is 3.15. The van der Waals surface area contributed by atoms with E-state index >= 15 is 0 Å². The molecule has 8 rings (SSSR count). The molecule has 2 aromatic heterocycles. The monoisotopic (exact) mass is 605 g/mol. The molecule has 5 aromatic carbocycles. The number of benzene rings is 5. The molecule has 47 heavy (non-hydrogen) atoms. The molecule has 1 aliphatic rings. The van der Waals surface area contributed by atoms with Gasteiger partial charge in [-0.2, -0.15) is 0 Å². The maximum atomic E-state index is 5.11. The minimum absolute atomic E-state index is 0.104. The number of allylic oxidation sites excluding steroid dienone is 4. The molecule has 0 fully saturated rings. The number of hydrogen-bond donors (Lipinski definition) is 0. The van der Waals surface area contributed by atoms with Crippen LogP contribution in [0.1, 0.15) is 35.0 Å². The molecule has 0 N–H and O–H groups in total. The largest absolute Gasteiger partial charge is 0.237 e. The van der Waals surface area contributed by atoms with Crippen LogP contribution < -0.4 is 0 Å². The van der Waals surface area contributed by atoms with Crippen LogP contribution in [0.4, 0.5) is 0 Å². The molecule has 0 saturated heterocycles. The van der Waals surface area contributed by atoms with Crippen LogP contribution in [0.3, 0.4) is 0 Å². The lowest BCUT2D eigenvalue weighted by molar-refractivity contribution is 0.864. The second-order valence-corrected chi connectivity index (χ2v) is 11.8. The molecule has 0 saturated carbocycles. The van der Waals surface area contributed by atoms with Crippen molar-refractivity contribution in [2.45, 2.75) is 19.3 Å². The Morgan fingerprint density at radius 2 is 1.15 bits per heavy atom. The highest BCUT2D eigenvalue weighted by Crippen LogP contribution is 2.41. The lowest BCUT2D eigenvalue weighted by Gasteiger charge is -2.24. The molecule has 5 heteroatoms. The van der Waals surface area contributed by atoms with Crippen molar-refractivity contribution in [2.75, 3.05) is 0 Å². The summed E-state index contributed by atoms with van der Waals surface area (Å²) in [4.78, 5) is 24.4. The maximum Gasteiger partial charge on any atom is 0.164 e. The first kappa shape index (κ1) is 28.4. The molecular formula is C42H31N5. The van der Waals surface area contributed by atoms with E-state index in [-0.39, 0.29) is 5.92 Å². The fourth-order valence-electron chi connectivity index (χ4n) is 6.29. The lowest BCUT2D eigenvalue weighted by atomic mass is 9.81. The third-order valence-electron chi connectivity index (χ3n) is 8.61. The van der Waals surface area contributed by atoms with E-state index in [2.05, 4.69) is 83.9 Å². The zero-order chi connectivity index (χ0) is 31.6. The molecule has 0 aliphatic heterocycles. The van der Waals surface area contributed by atoms with E-state index in [1.54, 1.807) is 0 Å². The Bertz CT molecular complexity index is 2230. The molecule has 0 spiro atoms. The summed E-state index contributed by atoms with van der Waals surface area (Å²) in [6.07, 6.45) is 7.20. The molecule has 1 atom stereocenters. The number of rotatable bonds is 6. The second kappa shape index (κ2) is 12.4. The summed E-state index contributed by atoms with van der Waals surface area (Å²) in [5, 5.41) is 2.48. The van der Waals surface area contributed by atoms with Crippen molar-refractivity contribution in [3.63, 3.8) is 0 Å². The quantitative estimate of drug-likeness (QED) is 0.189. The summed E-state index contributed by atoms with van der Waals surface area (Å²) in [6.45, 7) is 1.99. The number of fused-ring (bicyclic) bond motifs is 1. The van der Waals surface area contributed by atoms with Gasteiger partial charge in [-0.1, -0.05) is 127 Å². The predicted molar refractivity (Wildman–Crippen MR) is 190 cm³/mol. The van der Waals surface area contributed by atoms with Gasteiger partial charge in [0, 0.05) is 34.5 Å². The zero-order valence-electron chi connectivity index (χ0n) is 26.0. The van der Waals surface area contributed by atoms with Crippen LogP contribution in [0, 0.1) is 6.92 Å². The van der Waals surface area contributed by atoms with Crippen molar-refractivity contribution in [2.24, 2.45) is 0 Å². The van der Waals surface area contributed by atoms with Crippen LogP contribution in [-0.2, 0) is 0 Å². The van der Waals surface area contributed by atoms with E-state index in [0.717, 1.165) is 51.3 Å². The van der Waals surface area contributed by atoms with Gasteiger partial charge >= 0.3 is 0 Å². The maximum absolute atomic E-state index is 5.11. The molecular weight excluding hydrogens is 574 g/mol. The Kier molecular flexibility index (Phi) is 7.48. The molecule has 0 amide bonds. The van der Waals surface area contributed by atoms with Gasteiger partial charge in [-0.25, -0.2) is 24.9 Å². The third kappa shape index (κ3) is 5.87. The van der Waals surface area contributed by atoms with Crippen LogP contribution in [0.15, 0.2) is 152 Å². The topological polar surface area (TPSA) is 64.5 Å². The Hall–Kier alpha value is -6.07. The minimum atomic E-state index is 0.104. The van der Waals surface area contributed by atoms with Crippen molar-refractivity contribution < 1.29 is 0 Å². The van der Waals surface area contributed by atoms with E-state index in [4.69, 9.17) is 19.9 Å². The number of hydrogen-bond acceptors (Lipinski definition) is 5. The van der Waals surface area contributed by atoms with Gasteiger partial charge in [0.1, 0.15) is 0 Å². The first-order valence-electron chi connectivity index (χ1n) is 15.9. The highest BCUT2D eigenvalue weighted by Gasteiger charge is 2.24. The van der Waals surface area contributed by atoms with E-state index in [0.29, 0.717) is 17.5 Å². The summed E-state index contributed by atoms with van der Waals surface area (Å²) in [6, 6.07) is 45.9. The van der Waals surface area contributed by atoms with Crippen LogP contribution in [-0.4, -0.2) is 24.9 Å². The van der Waals surface area contributed by atoms with Gasteiger partial charge in [0.15, 0.2) is 23.3 Å². The third-order valence-corrected chi connectivity index (χ3v) is 8.61. The molecule has 2 heterocycles. The van der Waals surface area contributed by atoms with Crippen molar-refractivity contribution in [3.8, 4) is 34.2 Å². The molecule has 224 valence electrons. The highest BCUT2D eigenvalue weighted by atomic mass is 15.0. The van der Waals surface area contributed by atoms with Crippen LogP contribution in [0.25, 0.3) is 56.1 Å². The average molecular weight is 606 g/mol.